The summed E-state index contributed by atoms with van der Waals surface area (Å²) in [6, 6.07) is 12.2. The van der Waals surface area contributed by atoms with Crippen molar-refractivity contribution in [3.05, 3.63) is 54.1 Å². The predicted molar refractivity (Wildman–Crippen MR) is 125 cm³/mol. The molecule has 0 bridgehead atoms. The first-order valence-corrected chi connectivity index (χ1v) is 12.2. The van der Waals surface area contributed by atoms with E-state index in [-0.39, 0.29) is 23.0 Å². The molecule has 0 unspecified atom stereocenters. The van der Waals surface area contributed by atoms with Crippen molar-refractivity contribution in [3.63, 3.8) is 0 Å². The molecule has 1 aliphatic heterocycles. The van der Waals surface area contributed by atoms with E-state index in [4.69, 9.17) is 9.47 Å². The van der Waals surface area contributed by atoms with Gasteiger partial charge in [0.25, 0.3) is 15.9 Å². The molecule has 0 aliphatic carbocycles. The Morgan fingerprint density at radius 3 is 2.30 bits per heavy atom. The molecular weight excluding hydrogens is 444 g/mol. The lowest BCUT2D eigenvalue weighted by Crippen LogP contribution is -2.44. The van der Waals surface area contributed by atoms with Gasteiger partial charge in [-0.3, -0.25) is 9.10 Å². The van der Waals surface area contributed by atoms with E-state index in [0.29, 0.717) is 36.4 Å². The van der Waals surface area contributed by atoms with Gasteiger partial charge in [0.05, 0.1) is 23.3 Å². The van der Waals surface area contributed by atoms with Crippen LogP contribution in [0.25, 0.3) is 0 Å². The zero-order valence-corrected chi connectivity index (χ0v) is 20.2. The molecule has 9 heteroatoms. The molecule has 0 saturated carbocycles. The molecule has 2 atom stereocenters. The molecule has 0 spiro atoms. The van der Waals surface area contributed by atoms with Crippen molar-refractivity contribution in [3.8, 4) is 5.75 Å². The number of amides is 1. The lowest BCUT2D eigenvalue weighted by Gasteiger charge is -2.34. The number of nitrogens with zero attached hydrogens (tertiary/aromatic N) is 2. The smallest absolute Gasteiger partial charge is 0.338 e. The molecule has 8 nitrogen and oxygen atoms in total. The third-order valence-corrected chi connectivity index (χ3v) is 7.49. The van der Waals surface area contributed by atoms with E-state index in [1.807, 2.05) is 0 Å². The van der Waals surface area contributed by atoms with Gasteiger partial charge in [0.2, 0.25) is 0 Å². The minimum atomic E-state index is -3.92. The fourth-order valence-corrected chi connectivity index (χ4v) is 5.28. The molecule has 1 aliphatic rings. The molecule has 3 rings (SSSR count). The quantitative estimate of drug-likeness (QED) is 0.572. The third kappa shape index (κ3) is 5.84. The Labute approximate surface area is 195 Å². The van der Waals surface area contributed by atoms with Crippen LogP contribution in [0.15, 0.2) is 53.4 Å². The van der Waals surface area contributed by atoms with Crippen LogP contribution < -0.4 is 9.04 Å². The molecular formula is C24H30N2O6S. The van der Waals surface area contributed by atoms with Crippen LogP contribution in [0.3, 0.4) is 0 Å². The fraction of sp³-hybridized carbons (Fsp3) is 0.417. The van der Waals surface area contributed by atoms with Gasteiger partial charge in [-0.2, -0.15) is 0 Å². The first-order valence-electron chi connectivity index (χ1n) is 10.8. The van der Waals surface area contributed by atoms with Gasteiger partial charge in [-0.15, -0.1) is 0 Å². The number of rotatable bonds is 7. The average Bonchev–Trinajstić information content (AvgIpc) is 2.81. The van der Waals surface area contributed by atoms with E-state index < -0.39 is 16.0 Å². The maximum Gasteiger partial charge on any atom is 0.338 e. The van der Waals surface area contributed by atoms with Gasteiger partial charge >= 0.3 is 5.97 Å². The third-order valence-electron chi connectivity index (χ3n) is 5.71. The van der Waals surface area contributed by atoms with Crippen molar-refractivity contribution < 1.29 is 27.5 Å². The number of ether oxygens (including phenoxy) is 2. The van der Waals surface area contributed by atoms with Crippen molar-refractivity contribution in [2.75, 3.05) is 38.2 Å². The minimum Gasteiger partial charge on any atom is -0.497 e. The summed E-state index contributed by atoms with van der Waals surface area (Å²) in [6.07, 6.45) is 1.07. The maximum absolute atomic E-state index is 13.1. The summed E-state index contributed by atoms with van der Waals surface area (Å²) in [6.45, 7) is 5.10. The second-order valence-corrected chi connectivity index (χ2v) is 10.5. The second-order valence-electron chi connectivity index (χ2n) is 8.52. The molecule has 2 aromatic carbocycles. The highest BCUT2D eigenvalue weighted by Crippen LogP contribution is 2.25. The Hall–Kier alpha value is -3.07. The number of piperidine rings is 1. The zero-order valence-electron chi connectivity index (χ0n) is 19.4. The van der Waals surface area contributed by atoms with Crippen LogP contribution in [-0.2, 0) is 19.6 Å². The molecule has 1 saturated heterocycles. The Balaban J connectivity index is 1.68. The van der Waals surface area contributed by atoms with Crippen molar-refractivity contribution >= 4 is 27.6 Å². The number of methoxy groups -OCH3 is 1. The van der Waals surface area contributed by atoms with Crippen molar-refractivity contribution in [2.24, 2.45) is 11.8 Å². The minimum absolute atomic E-state index is 0.0553. The van der Waals surface area contributed by atoms with E-state index in [1.54, 1.807) is 29.2 Å². The summed E-state index contributed by atoms with van der Waals surface area (Å²) in [5.74, 6) is 0.420. The van der Waals surface area contributed by atoms with Gasteiger partial charge in [-0.1, -0.05) is 19.9 Å². The number of carbonyl (C=O) groups excluding carboxylic acids is 2. The second kappa shape index (κ2) is 10.2. The first-order chi connectivity index (χ1) is 15.6. The summed E-state index contributed by atoms with van der Waals surface area (Å²) >= 11 is 0. The molecule has 1 amide bonds. The molecule has 0 radical (unpaired) electrons. The van der Waals surface area contributed by atoms with Crippen molar-refractivity contribution in [1.82, 2.24) is 4.90 Å². The van der Waals surface area contributed by atoms with Crippen LogP contribution in [0.2, 0.25) is 0 Å². The molecule has 1 heterocycles. The lowest BCUT2D eigenvalue weighted by molar-refractivity contribution is -0.137. The Morgan fingerprint density at radius 1 is 1.06 bits per heavy atom. The first kappa shape index (κ1) is 24.6. The van der Waals surface area contributed by atoms with E-state index in [2.05, 4.69) is 13.8 Å². The largest absolute Gasteiger partial charge is 0.497 e. The van der Waals surface area contributed by atoms with Gasteiger partial charge in [0.15, 0.2) is 6.61 Å². The summed E-state index contributed by atoms with van der Waals surface area (Å²) < 4.78 is 37.6. The zero-order chi connectivity index (χ0) is 24.2. The fourth-order valence-electron chi connectivity index (χ4n) is 4.04. The van der Waals surface area contributed by atoms with Crippen LogP contribution >= 0.6 is 0 Å². The standard InChI is InChI=1S/C24H30N2O6S/c1-17-12-18(2)15-26(14-17)23(27)16-32-24(28)19-6-5-7-22(13-19)33(29,30)25(3)20-8-10-21(31-4)11-9-20/h5-11,13,17-18H,12,14-16H2,1-4H3/t17-,18+. The van der Waals surface area contributed by atoms with Crippen molar-refractivity contribution in [1.29, 1.82) is 0 Å². The van der Waals surface area contributed by atoms with Gasteiger partial charge in [-0.05, 0) is 60.7 Å². The Bertz CT molecular complexity index is 1090. The van der Waals surface area contributed by atoms with Gasteiger partial charge in [0.1, 0.15) is 5.75 Å². The number of likely N-dealkylation sites (tertiary alicyclic amines) is 1. The van der Waals surface area contributed by atoms with E-state index in [0.717, 1.165) is 10.7 Å². The highest BCUT2D eigenvalue weighted by atomic mass is 32.2. The number of carbonyl (C=O) groups is 2. The van der Waals surface area contributed by atoms with Gasteiger partial charge < -0.3 is 14.4 Å². The highest BCUT2D eigenvalue weighted by Gasteiger charge is 2.27. The number of esters is 1. The van der Waals surface area contributed by atoms with Crippen molar-refractivity contribution in [2.45, 2.75) is 25.2 Å². The topological polar surface area (TPSA) is 93.2 Å². The predicted octanol–water partition coefficient (Wildman–Crippen LogP) is 3.18. The van der Waals surface area contributed by atoms with Crippen LogP contribution in [0, 0.1) is 11.8 Å². The molecule has 2 aromatic rings. The normalized spacial score (nSPS) is 18.5. The van der Waals surface area contributed by atoms with E-state index in [9.17, 15) is 18.0 Å². The SMILES string of the molecule is COc1ccc(N(C)S(=O)(=O)c2cccc(C(=O)OCC(=O)N3C[C@H](C)C[C@H](C)C3)c2)cc1. The molecule has 0 N–H and O–H groups in total. The highest BCUT2D eigenvalue weighted by molar-refractivity contribution is 7.92. The van der Waals surface area contributed by atoms with Gasteiger partial charge in [0, 0.05) is 20.1 Å². The number of hydrogen-bond acceptors (Lipinski definition) is 6. The van der Waals surface area contributed by atoms with E-state index >= 15 is 0 Å². The summed E-state index contributed by atoms with van der Waals surface area (Å²) in [4.78, 5) is 26.7. The average molecular weight is 475 g/mol. The molecule has 1 fully saturated rings. The number of benzene rings is 2. The van der Waals surface area contributed by atoms with Crippen LogP contribution in [0.5, 0.6) is 5.75 Å². The Morgan fingerprint density at radius 2 is 1.70 bits per heavy atom. The van der Waals surface area contributed by atoms with E-state index in [1.165, 1.54) is 38.4 Å². The van der Waals surface area contributed by atoms with Crippen LogP contribution in [0.1, 0.15) is 30.6 Å². The Kier molecular flexibility index (Phi) is 7.63. The summed E-state index contributed by atoms with van der Waals surface area (Å²) in [5, 5.41) is 0. The molecule has 33 heavy (non-hydrogen) atoms. The maximum atomic E-state index is 13.1. The van der Waals surface area contributed by atoms with Crippen LogP contribution in [-0.4, -0.2) is 59.0 Å². The molecule has 178 valence electrons. The number of hydrogen-bond donors (Lipinski definition) is 0. The lowest BCUT2D eigenvalue weighted by atomic mass is 9.92. The summed E-state index contributed by atoms with van der Waals surface area (Å²) in [5.41, 5.74) is 0.506. The van der Waals surface area contributed by atoms with Crippen LogP contribution in [0.4, 0.5) is 5.69 Å². The van der Waals surface area contributed by atoms with Gasteiger partial charge in [-0.25, -0.2) is 13.2 Å². The number of sulfonamides is 1. The molecule has 0 aromatic heterocycles. The monoisotopic (exact) mass is 474 g/mol. The number of anilines is 1. The summed E-state index contributed by atoms with van der Waals surface area (Å²) in [7, 11) is -0.958.